The molecule has 1 aromatic carbocycles. The van der Waals surface area contributed by atoms with Gasteiger partial charge in [-0.05, 0) is 18.2 Å². The van der Waals surface area contributed by atoms with E-state index in [1.54, 1.807) is 30.3 Å². The van der Waals surface area contributed by atoms with E-state index in [1.807, 2.05) is 6.07 Å². The summed E-state index contributed by atoms with van der Waals surface area (Å²) in [5.41, 5.74) is 1.34. The van der Waals surface area contributed by atoms with E-state index >= 15 is 0 Å². The third-order valence-electron chi connectivity index (χ3n) is 3.45. The van der Waals surface area contributed by atoms with Gasteiger partial charge in [0, 0.05) is 5.56 Å². The van der Waals surface area contributed by atoms with Crippen LogP contribution in [0.2, 0.25) is 10.2 Å². The molecule has 0 aliphatic carbocycles. The van der Waals surface area contributed by atoms with Crippen LogP contribution < -0.4 is 4.90 Å². The van der Waals surface area contributed by atoms with Crippen molar-refractivity contribution >= 4 is 40.5 Å². The number of amides is 1. The van der Waals surface area contributed by atoms with Gasteiger partial charge < -0.3 is 5.11 Å². The fourth-order valence-corrected chi connectivity index (χ4v) is 2.77. The van der Waals surface area contributed by atoms with Crippen LogP contribution in [0.25, 0.3) is 0 Å². The third kappa shape index (κ3) is 2.85. The molecule has 1 unspecified atom stereocenters. The number of aliphatic imine (C=N–C) groups is 1. The molecule has 3 rings (SSSR count). The molecule has 1 aliphatic rings. The molecule has 1 atom stereocenters. The van der Waals surface area contributed by atoms with E-state index in [1.165, 1.54) is 6.07 Å². The van der Waals surface area contributed by atoms with Gasteiger partial charge in [0.25, 0.3) is 5.91 Å². The van der Waals surface area contributed by atoms with Gasteiger partial charge in [-0.25, -0.2) is 9.98 Å². The lowest BCUT2D eigenvalue weighted by molar-refractivity contribution is -0.125. The molecule has 0 radical (unpaired) electrons. The minimum Gasteiger partial charge on any atom is -0.364 e. The largest absolute Gasteiger partial charge is 0.364 e. The molecule has 120 valence electrons. The molecule has 6 nitrogen and oxygen atoms in total. The molecule has 0 saturated carbocycles. The van der Waals surface area contributed by atoms with Crippen molar-refractivity contribution < 1.29 is 9.90 Å². The zero-order valence-electron chi connectivity index (χ0n) is 12.1. The van der Waals surface area contributed by atoms with Crippen LogP contribution in [-0.2, 0) is 4.79 Å². The molecule has 0 bridgehead atoms. The number of hydrogen-bond donors (Lipinski definition) is 1. The molecule has 2 heterocycles. The number of benzene rings is 1. The zero-order chi connectivity index (χ0) is 17.3. The van der Waals surface area contributed by atoms with Gasteiger partial charge in [0.2, 0.25) is 6.23 Å². The van der Waals surface area contributed by atoms with Crippen LogP contribution in [0, 0.1) is 11.3 Å². The highest BCUT2D eigenvalue weighted by atomic mass is 35.5. The number of halogens is 2. The highest BCUT2D eigenvalue weighted by Gasteiger charge is 2.32. The van der Waals surface area contributed by atoms with Gasteiger partial charge in [0.05, 0.1) is 22.5 Å². The lowest BCUT2D eigenvalue weighted by Crippen LogP contribution is -2.38. The first-order chi connectivity index (χ1) is 11.5. The fraction of sp³-hybridized carbons (Fsp3) is 0.125. The molecule has 0 saturated heterocycles. The lowest BCUT2D eigenvalue weighted by atomic mass is 10.1. The molecule has 2 aromatic rings. The van der Waals surface area contributed by atoms with E-state index in [9.17, 15) is 9.90 Å². The summed E-state index contributed by atoms with van der Waals surface area (Å²) < 4.78 is 0. The molecule has 1 aliphatic heterocycles. The topological polar surface area (TPSA) is 89.6 Å². The Morgan fingerprint density at radius 2 is 2.00 bits per heavy atom. The number of aliphatic hydroxyl groups excluding tert-OH is 1. The van der Waals surface area contributed by atoms with Gasteiger partial charge in [-0.1, -0.05) is 41.4 Å². The second kappa shape index (κ2) is 6.57. The summed E-state index contributed by atoms with van der Waals surface area (Å²) in [6.45, 7) is -0.252. The predicted octanol–water partition coefficient (Wildman–Crippen LogP) is 2.41. The number of hydrogen-bond acceptors (Lipinski definition) is 5. The van der Waals surface area contributed by atoms with Crippen molar-refractivity contribution in [3.63, 3.8) is 0 Å². The molecule has 24 heavy (non-hydrogen) atoms. The van der Waals surface area contributed by atoms with E-state index in [0.29, 0.717) is 16.3 Å². The number of nitrogens with zero attached hydrogens (tertiary/aromatic N) is 4. The Labute approximate surface area is 147 Å². The number of aliphatic hydroxyl groups is 1. The Kier molecular flexibility index (Phi) is 4.49. The zero-order valence-corrected chi connectivity index (χ0v) is 13.7. The van der Waals surface area contributed by atoms with E-state index in [-0.39, 0.29) is 23.1 Å². The van der Waals surface area contributed by atoms with E-state index in [0.717, 1.165) is 4.90 Å². The first-order valence-corrected chi connectivity index (χ1v) is 7.64. The minimum absolute atomic E-state index is 0.189. The Morgan fingerprint density at radius 3 is 2.71 bits per heavy atom. The highest BCUT2D eigenvalue weighted by molar-refractivity contribution is 6.36. The van der Waals surface area contributed by atoms with Crippen molar-refractivity contribution in [2.45, 2.75) is 6.23 Å². The molecule has 0 spiro atoms. The Bertz CT molecular complexity index is 892. The number of carbonyl (C=O) groups excluding carboxylic acids is 1. The van der Waals surface area contributed by atoms with Crippen LogP contribution in [0.3, 0.4) is 0 Å². The first kappa shape index (κ1) is 16.4. The molecule has 1 amide bonds. The summed E-state index contributed by atoms with van der Waals surface area (Å²) in [5.74, 6) is -0.719. The maximum absolute atomic E-state index is 12.4. The lowest BCUT2D eigenvalue weighted by Gasteiger charge is -2.20. The standard InChI is InChI=1S/C16H10Cl2N4O2/c17-10-4-2-1-3-9(10)13-14-11(5-6-12(18)20-14)22(8-7-19)16(24)15(23)21-13/h1-6,15,23H,8H2. The van der Waals surface area contributed by atoms with Crippen molar-refractivity contribution in [3.8, 4) is 6.07 Å². The maximum Gasteiger partial charge on any atom is 0.279 e. The van der Waals surface area contributed by atoms with Crippen LogP contribution in [0.4, 0.5) is 5.69 Å². The van der Waals surface area contributed by atoms with Gasteiger partial charge in [-0.3, -0.25) is 9.69 Å². The number of fused-ring (bicyclic) bond motifs is 1. The van der Waals surface area contributed by atoms with Gasteiger partial charge >= 0.3 is 0 Å². The smallest absolute Gasteiger partial charge is 0.279 e. The second-order valence-electron chi connectivity index (χ2n) is 4.92. The monoisotopic (exact) mass is 360 g/mol. The Balaban J connectivity index is 2.29. The number of pyridine rings is 1. The van der Waals surface area contributed by atoms with Gasteiger partial charge in [-0.15, -0.1) is 0 Å². The number of nitriles is 1. The summed E-state index contributed by atoms with van der Waals surface area (Å²) in [7, 11) is 0. The average molecular weight is 361 g/mol. The van der Waals surface area contributed by atoms with Crippen LogP contribution in [0.15, 0.2) is 41.4 Å². The van der Waals surface area contributed by atoms with Gasteiger partial charge in [0.1, 0.15) is 17.4 Å². The SMILES string of the molecule is N#CCN1C(=O)C(O)N=C(c2ccccc2Cl)c2nc(Cl)ccc21. The number of rotatable bonds is 2. The van der Waals surface area contributed by atoms with Crippen LogP contribution in [-0.4, -0.2) is 34.5 Å². The Hall–Kier alpha value is -2.46. The summed E-state index contributed by atoms with van der Waals surface area (Å²) in [6, 6.07) is 11.8. The van der Waals surface area contributed by atoms with Crippen molar-refractivity contribution in [2.75, 3.05) is 11.4 Å². The van der Waals surface area contributed by atoms with Gasteiger partial charge in [-0.2, -0.15) is 5.26 Å². The van der Waals surface area contributed by atoms with Crippen molar-refractivity contribution in [1.29, 1.82) is 5.26 Å². The molecular formula is C16H10Cl2N4O2. The van der Waals surface area contributed by atoms with Crippen molar-refractivity contribution in [1.82, 2.24) is 4.98 Å². The van der Waals surface area contributed by atoms with Crippen LogP contribution >= 0.6 is 23.2 Å². The molecule has 0 fully saturated rings. The van der Waals surface area contributed by atoms with Crippen LogP contribution in [0.5, 0.6) is 0 Å². The number of carbonyl (C=O) groups is 1. The molecule has 1 N–H and O–H groups in total. The molecule has 8 heteroatoms. The molecule has 1 aromatic heterocycles. The predicted molar refractivity (Wildman–Crippen MR) is 90.3 cm³/mol. The average Bonchev–Trinajstić information content (AvgIpc) is 2.66. The van der Waals surface area contributed by atoms with Crippen LogP contribution in [0.1, 0.15) is 11.3 Å². The minimum atomic E-state index is -1.67. The van der Waals surface area contributed by atoms with Crippen molar-refractivity contribution in [2.24, 2.45) is 4.99 Å². The normalized spacial score (nSPS) is 16.9. The Morgan fingerprint density at radius 1 is 1.25 bits per heavy atom. The summed E-state index contributed by atoms with van der Waals surface area (Å²) in [6.07, 6.45) is -1.67. The summed E-state index contributed by atoms with van der Waals surface area (Å²) in [5, 5.41) is 19.7. The highest BCUT2D eigenvalue weighted by Crippen LogP contribution is 2.30. The number of anilines is 1. The number of aromatic nitrogens is 1. The first-order valence-electron chi connectivity index (χ1n) is 6.89. The third-order valence-corrected chi connectivity index (χ3v) is 3.99. The summed E-state index contributed by atoms with van der Waals surface area (Å²) in [4.78, 5) is 21.8. The van der Waals surface area contributed by atoms with E-state index < -0.39 is 12.1 Å². The van der Waals surface area contributed by atoms with E-state index in [2.05, 4.69) is 9.98 Å². The summed E-state index contributed by atoms with van der Waals surface area (Å²) >= 11 is 12.2. The maximum atomic E-state index is 12.4. The van der Waals surface area contributed by atoms with Gasteiger partial charge in [0.15, 0.2) is 0 Å². The quantitative estimate of drug-likeness (QED) is 0.657. The van der Waals surface area contributed by atoms with E-state index in [4.69, 9.17) is 28.5 Å². The molecular weight excluding hydrogens is 351 g/mol. The van der Waals surface area contributed by atoms with Crippen molar-refractivity contribution in [3.05, 3.63) is 57.8 Å². The second-order valence-corrected chi connectivity index (χ2v) is 5.71. The fourth-order valence-electron chi connectivity index (χ4n) is 2.40.